The lowest BCUT2D eigenvalue weighted by atomic mass is 9.83. The number of aliphatic hydroxyl groups excluding tert-OH is 1. The van der Waals surface area contributed by atoms with Gasteiger partial charge in [-0.3, -0.25) is 4.79 Å². The number of methoxy groups -OCH3 is 1. The first kappa shape index (κ1) is 11.5. The van der Waals surface area contributed by atoms with Crippen molar-refractivity contribution in [2.75, 3.05) is 7.11 Å². The van der Waals surface area contributed by atoms with E-state index >= 15 is 0 Å². The lowest BCUT2D eigenvalue weighted by Gasteiger charge is -2.28. The highest BCUT2D eigenvalue weighted by atomic mass is 16.5. The van der Waals surface area contributed by atoms with E-state index < -0.39 is 18.1 Å². The molecule has 3 N–H and O–H groups in total. The van der Waals surface area contributed by atoms with Crippen molar-refractivity contribution in [2.45, 2.75) is 44.2 Å². The largest absolute Gasteiger partial charge is 0.468 e. The highest BCUT2D eigenvalue weighted by Crippen LogP contribution is 2.27. The highest BCUT2D eigenvalue weighted by Gasteiger charge is 2.31. The van der Waals surface area contributed by atoms with Gasteiger partial charge >= 0.3 is 5.97 Å². The van der Waals surface area contributed by atoms with Gasteiger partial charge in [0, 0.05) is 0 Å². The summed E-state index contributed by atoms with van der Waals surface area (Å²) in [5.41, 5.74) is 5.58. The third-order valence-electron chi connectivity index (χ3n) is 2.97. The standard InChI is InChI=1S/C10H19NO3/c1-14-10(13)8(11)9(12)7-5-3-2-4-6-7/h7-9,12H,2-6,11H2,1H3. The van der Waals surface area contributed by atoms with Gasteiger partial charge in [-0.25, -0.2) is 0 Å². The normalized spacial score (nSPS) is 22.8. The fourth-order valence-corrected chi connectivity index (χ4v) is 2.04. The Morgan fingerprint density at radius 1 is 1.43 bits per heavy atom. The number of hydrogen-bond acceptors (Lipinski definition) is 4. The average molecular weight is 201 g/mol. The predicted octanol–water partition coefficient (Wildman–Crippen LogP) is 0.428. The maximum atomic E-state index is 11.1. The molecule has 4 nitrogen and oxygen atoms in total. The molecular formula is C10H19NO3. The van der Waals surface area contributed by atoms with Crippen LogP contribution >= 0.6 is 0 Å². The average Bonchev–Trinajstić information content (AvgIpc) is 2.27. The van der Waals surface area contributed by atoms with E-state index in [1.807, 2.05) is 0 Å². The zero-order chi connectivity index (χ0) is 10.6. The lowest BCUT2D eigenvalue weighted by molar-refractivity contribution is -0.146. The van der Waals surface area contributed by atoms with Gasteiger partial charge in [0.25, 0.3) is 0 Å². The molecule has 1 saturated carbocycles. The number of carbonyl (C=O) groups is 1. The van der Waals surface area contributed by atoms with Crippen LogP contribution in [-0.4, -0.2) is 30.3 Å². The quantitative estimate of drug-likeness (QED) is 0.649. The Bertz CT molecular complexity index is 190. The third-order valence-corrected chi connectivity index (χ3v) is 2.97. The number of aliphatic hydroxyl groups is 1. The summed E-state index contributed by atoms with van der Waals surface area (Å²) < 4.78 is 4.50. The molecule has 0 spiro atoms. The van der Waals surface area contributed by atoms with Crippen LogP contribution < -0.4 is 5.73 Å². The molecule has 0 aromatic carbocycles. The van der Waals surface area contributed by atoms with Crippen LogP contribution in [0.25, 0.3) is 0 Å². The molecule has 0 radical (unpaired) electrons. The number of rotatable bonds is 3. The molecule has 4 heteroatoms. The summed E-state index contributed by atoms with van der Waals surface area (Å²) in [4.78, 5) is 11.1. The Balaban J connectivity index is 2.45. The molecule has 0 aromatic rings. The van der Waals surface area contributed by atoms with Crippen LogP contribution in [-0.2, 0) is 9.53 Å². The number of ether oxygens (including phenoxy) is 1. The van der Waals surface area contributed by atoms with Crippen molar-refractivity contribution in [1.29, 1.82) is 0 Å². The van der Waals surface area contributed by atoms with Crippen LogP contribution in [0, 0.1) is 5.92 Å². The van der Waals surface area contributed by atoms with E-state index in [-0.39, 0.29) is 5.92 Å². The van der Waals surface area contributed by atoms with Crippen molar-refractivity contribution in [3.05, 3.63) is 0 Å². The Kier molecular flexibility index (Phi) is 4.35. The van der Waals surface area contributed by atoms with Crippen molar-refractivity contribution < 1.29 is 14.6 Å². The second kappa shape index (κ2) is 5.32. The van der Waals surface area contributed by atoms with Gasteiger partial charge in [0.05, 0.1) is 13.2 Å². The minimum Gasteiger partial charge on any atom is -0.468 e. The Labute approximate surface area is 84.4 Å². The predicted molar refractivity (Wildman–Crippen MR) is 52.6 cm³/mol. The molecule has 0 heterocycles. The molecule has 82 valence electrons. The molecule has 14 heavy (non-hydrogen) atoms. The molecule has 1 fully saturated rings. The van der Waals surface area contributed by atoms with Gasteiger partial charge in [-0.2, -0.15) is 0 Å². The Hall–Kier alpha value is -0.610. The summed E-state index contributed by atoms with van der Waals surface area (Å²) in [5.74, 6) is -0.360. The summed E-state index contributed by atoms with van der Waals surface area (Å²) in [7, 11) is 1.29. The minimum absolute atomic E-state index is 0.165. The Morgan fingerprint density at radius 3 is 2.50 bits per heavy atom. The van der Waals surface area contributed by atoms with E-state index in [4.69, 9.17) is 5.73 Å². The number of esters is 1. The van der Waals surface area contributed by atoms with Gasteiger partial charge in [-0.05, 0) is 18.8 Å². The molecule has 2 unspecified atom stereocenters. The monoisotopic (exact) mass is 201 g/mol. The molecule has 2 atom stereocenters. The molecule has 0 saturated heterocycles. The molecular weight excluding hydrogens is 182 g/mol. The van der Waals surface area contributed by atoms with Crippen molar-refractivity contribution >= 4 is 5.97 Å². The van der Waals surface area contributed by atoms with Crippen LogP contribution in [0.3, 0.4) is 0 Å². The molecule has 0 bridgehead atoms. The van der Waals surface area contributed by atoms with Gasteiger partial charge < -0.3 is 15.6 Å². The smallest absolute Gasteiger partial charge is 0.325 e. The van der Waals surface area contributed by atoms with Crippen molar-refractivity contribution in [1.82, 2.24) is 0 Å². The fraction of sp³-hybridized carbons (Fsp3) is 0.900. The molecule has 0 aliphatic heterocycles. The zero-order valence-corrected chi connectivity index (χ0v) is 8.61. The van der Waals surface area contributed by atoms with E-state index in [9.17, 15) is 9.90 Å². The van der Waals surface area contributed by atoms with Crippen LogP contribution in [0.2, 0.25) is 0 Å². The second-order valence-electron chi connectivity index (χ2n) is 3.94. The van der Waals surface area contributed by atoms with E-state index in [2.05, 4.69) is 4.74 Å². The minimum atomic E-state index is -0.886. The molecule has 0 aromatic heterocycles. The molecule has 1 rings (SSSR count). The van der Waals surface area contributed by atoms with E-state index in [0.29, 0.717) is 0 Å². The molecule has 0 amide bonds. The van der Waals surface area contributed by atoms with E-state index in [0.717, 1.165) is 25.7 Å². The summed E-state index contributed by atoms with van der Waals surface area (Å²) in [6.07, 6.45) is 4.64. The fourth-order valence-electron chi connectivity index (χ4n) is 2.04. The van der Waals surface area contributed by atoms with E-state index in [1.54, 1.807) is 0 Å². The first-order valence-electron chi connectivity index (χ1n) is 5.18. The zero-order valence-electron chi connectivity index (χ0n) is 8.61. The van der Waals surface area contributed by atoms with Crippen LogP contribution in [0.4, 0.5) is 0 Å². The number of carbonyl (C=O) groups excluding carboxylic acids is 1. The van der Waals surface area contributed by atoms with Gasteiger partial charge in [0.2, 0.25) is 0 Å². The second-order valence-corrected chi connectivity index (χ2v) is 3.94. The van der Waals surface area contributed by atoms with Crippen LogP contribution in [0.1, 0.15) is 32.1 Å². The number of nitrogens with two attached hydrogens (primary N) is 1. The summed E-state index contributed by atoms with van der Waals surface area (Å²) in [6.45, 7) is 0. The highest BCUT2D eigenvalue weighted by molar-refractivity contribution is 5.76. The molecule has 1 aliphatic rings. The summed E-state index contributed by atoms with van der Waals surface area (Å²) >= 11 is 0. The lowest BCUT2D eigenvalue weighted by Crippen LogP contribution is -2.46. The maximum Gasteiger partial charge on any atom is 0.325 e. The van der Waals surface area contributed by atoms with Gasteiger partial charge in [-0.1, -0.05) is 19.3 Å². The number of hydrogen-bond donors (Lipinski definition) is 2. The first-order valence-corrected chi connectivity index (χ1v) is 5.18. The summed E-state index contributed by atoms with van der Waals surface area (Å²) in [6, 6.07) is -0.886. The van der Waals surface area contributed by atoms with Gasteiger partial charge in [0.15, 0.2) is 0 Å². The van der Waals surface area contributed by atoms with Crippen molar-refractivity contribution in [3.63, 3.8) is 0 Å². The first-order chi connectivity index (χ1) is 6.66. The van der Waals surface area contributed by atoms with Crippen LogP contribution in [0.5, 0.6) is 0 Å². The maximum absolute atomic E-state index is 11.1. The van der Waals surface area contributed by atoms with Crippen LogP contribution in [0.15, 0.2) is 0 Å². The van der Waals surface area contributed by atoms with Gasteiger partial charge in [-0.15, -0.1) is 0 Å². The van der Waals surface area contributed by atoms with Crippen molar-refractivity contribution in [2.24, 2.45) is 11.7 Å². The van der Waals surface area contributed by atoms with E-state index in [1.165, 1.54) is 13.5 Å². The molecule has 1 aliphatic carbocycles. The van der Waals surface area contributed by atoms with Crippen molar-refractivity contribution in [3.8, 4) is 0 Å². The Morgan fingerprint density at radius 2 is 2.00 bits per heavy atom. The summed E-state index contributed by atoms with van der Waals surface area (Å²) in [5, 5.41) is 9.82. The SMILES string of the molecule is COC(=O)C(N)C(O)C1CCCCC1. The topological polar surface area (TPSA) is 72.5 Å². The van der Waals surface area contributed by atoms with Gasteiger partial charge in [0.1, 0.15) is 6.04 Å². The third kappa shape index (κ3) is 2.69.